The second kappa shape index (κ2) is 6.36. The van der Waals surface area contributed by atoms with E-state index in [4.69, 9.17) is 16.3 Å². The molecule has 3 heteroatoms. The minimum absolute atomic E-state index is 0.211. The number of ether oxygens (including phenoxy) is 1. The van der Waals surface area contributed by atoms with Gasteiger partial charge in [0.05, 0.1) is 6.61 Å². The smallest absolute Gasteiger partial charge is 0.125 e. The molecule has 0 saturated heterocycles. The van der Waals surface area contributed by atoms with Crippen molar-refractivity contribution < 1.29 is 4.74 Å². The van der Waals surface area contributed by atoms with Crippen molar-refractivity contribution in [2.75, 3.05) is 13.2 Å². The Hall–Kier alpha value is -0.730. The Kier molecular flexibility index (Phi) is 4.98. The molecule has 0 spiro atoms. The lowest BCUT2D eigenvalue weighted by atomic mass is 9.82. The van der Waals surface area contributed by atoms with Crippen molar-refractivity contribution in [1.82, 2.24) is 5.32 Å². The highest BCUT2D eigenvalue weighted by Gasteiger charge is 2.27. The van der Waals surface area contributed by atoms with E-state index >= 15 is 0 Å². The Labute approximate surface area is 127 Å². The summed E-state index contributed by atoms with van der Waals surface area (Å²) in [5.74, 6) is 1.07. The van der Waals surface area contributed by atoms with E-state index in [2.05, 4.69) is 39.1 Å². The lowest BCUT2D eigenvalue weighted by Gasteiger charge is -2.32. The zero-order valence-electron chi connectivity index (χ0n) is 13.1. The zero-order chi connectivity index (χ0) is 14.8. The predicted molar refractivity (Wildman–Crippen MR) is 85.9 cm³/mol. The summed E-state index contributed by atoms with van der Waals surface area (Å²) in [4.78, 5) is 0. The van der Waals surface area contributed by atoms with E-state index in [1.807, 2.05) is 6.07 Å². The number of hydrogen-bond donors (Lipinski definition) is 1. The highest BCUT2D eigenvalue weighted by molar-refractivity contribution is 6.30. The first-order valence-corrected chi connectivity index (χ1v) is 7.97. The van der Waals surface area contributed by atoms with Crippen LogP contribution in [0, 0.1) is 5.41 Å². The van der Waals surface area contributed by atoms with Crippen molar-refractivity contribution >= 4 is 11.6 Å². The molecule has 0 aromatic heterocycles. The Balaban J connectivity index is 2.22. The number of benzene rings is 1. The van der Waals surface area contributed by atoms with Crippen LogP contribution in [0.2, 0.25) is 5.02 Å². The van der Waals surface area contributed by atoms with Crippen LogP contribution < -0.4 is 10.1 Å². The lowest BCUT2D eigenvalue weighted by Crippen LogP contribution is -2.42. The molecular weight excluding hydrogens is 270 g/mol. The van der Waals surface area contributed by atoms with Gasteiger partial charge >= 0.3 is 0 Å². The van der Waals surface area contributed by atoms with Crippen molar-refractivity contribution in [3.63, 3.8) is 0 Å². The molecule has 20 heavy (non-hydrogen) atoms. The normalized spacial score (nSPS) is 15.8. The monoisotopic (exact) mass is 295 g/mol. The highest BCUT2D eigenvalue weighted by atomic mass is 35.5. The molecule has 1 aromatic carbocycles. The summed E-state index contributed by atoms with van der Waals surface area (Å²) < 4.78 is 5.82. The van der Waals surface area contributed by atoms with E-state index in [1.165, 1.54) is 11.1 Å². The second-order valence-electron chi connectivity index (χ2n) is 6.73. The van der Waals surface area contributed by atoms with Crippen LogP contribution in [0.3, 0.4) is 0 Å². The molecule has 112 valence electrons. The van der Waals surface area contributed by atoms with Crippen LogP contribution in [0.5, 0.6) is 5.75 Å². The van der Waals surface area contributed by atoms with Crippen molar-refractivity contribution in [2.45, 2.75) is 53.0 Å². The largest absolute Gasteiger partial charge is 0.493 e. The van der Waals surface area contributed by atoms with Crippen LogP contribution in [0.1, 0.15) is 45.2 Å². The molecule has 2 nitrogen and oxygen atoms in total. The molecule has 0 fully saturated rings. The number of rotatable bonds is 5. The maximum absolute atomic E-state index is 6.25. The maximum atomic E-state index is 6.25. The molecule has 2 rings (SSSR count). The third-order valence-electron chi connectivity index (χ3n) is 3.94. The van der Waals surface area contributed by atoms with Crippen molar-refractivity contribution in [3.05, 3.63) is 28.3 Å². The Morgan fingerprint density at radius 2 is 2.10 bits per heavy atom. The molecule has 1 heterocycles. The zero-order valence-corrected chi connectivity index (χ0v) is 13.8. The summed E-state index contributed by atoms with van der Waals surface area (Å²) in [6.07, 6.45) is 3.09. The minimum atomic E-state index is 0.211. The van der Waals surface area contributed by atoms with Crippen molar-refractivity contribution in [2.24, 2.45) is 5.41 Å². The Morgan fingerprint density at radius 1 is 1.35 bits per heavy atom. The summed E-state index contributed by atoms with van der Waals surface area (Å²) >= 11 is 6.25. The third kappa shape index (κ3) is 3.67. The van der Waals surface area contributed by atoms with Gasteiger partial charge in [-0.2, -0.15) is 0 Å². The molecule has 1 N–H and O–H groups in total. The summed E-state index contributed by atoms with van der Waals surface area (Å²) in [6, 6.07) is 4.53. The van der Waals surface area contributed by atoms with Gasteiger partial charge in [-0.05, 0) is 48.1 Å². The van der Waals surface area contributed by atoms with E-state index in [1.54, 1.807) is 0 Å². The van der Waals surface area contributed by atoms with Crippen LogP contribution in [0.25, 0.3) is 0 Å². The fourth-order valence-corrected chi connectivity index (χ4v) is 2.98. The van der Waals surface area contributed by atoms with Gasteiger partial charge in [-0.3, -0.25) is 0 Å². The number of hydrogen-bond acceptors (Lipinski definition) is 2. The first-order chi connectivity index (χ1) is 9.41. The van der Waals surface area contributed by atoms with Gasteiger partial charge in [0, 0.05) is 17.5 Å². The Bertz CT molecular complexity index is 465. The average Bonchev–Trinajstić information content (AvgIpc) is 2.80. The van der Waals surface area contributed by atoms with Crippen LogP contribution in [0.4, 0.5) is 0 Å². The molecule has 0 amide bonds. The first-order valence-electron chi connectivity index (χ1n) is 7.59. The van der Waals surface area contributed by atoms with Gasteiger partial charge < -0.3 is 10.1 Å². The minimum Gasteiger partial charge on any atom is -0.493 e. The molecule has 0 aliphatic carbocycles. The molecule has 0 saturated carbocycles. The van der Waals surface area contributed by atoms with Gasteiger partial charge in [0.15, 0.2) is 0 Å². The predicted octanol–water partition coefficient (Wildman–Crippen LogP) is 4.23. The van der Waals surface area contributed by atoms with Gasteiger partial charge in [-0.25, -0.2) is 0 Å². The standard InChI is InChI=1S/C17H26ClNO/c1-5-7-19-15(17(2,3)4)11-13-10-14(18)9-12-6-8-20-16(12)13/h9-10,15,19H,5-8,11H2,1-4H3. The van der Waals surface area contributed by atoms with Crippen molar-refractivity contribution in [3.8, 4) is 5.75 Å². The van der Waals surface area contributed by atoms with E-state index in [0.717, 1.165) is 43.2 Å². The van der Waals surface area contributed by atoms with E-state index in [9.17, 15) is 0 Å². The van der Waals surface area contributed by atoms with Crippen molar-refractivity contribution in [1.29, 1.82) is 0 Å². The molecule has 1 atom stereocenters. The van der Waals surface area contributed by atoms with E-state index in [-0.39, 0.29) is 5.41 Å². The number of nitrogens with one attached hydrogen (secondary N) is 1. The summed E-state index contributed by atoms with van der Waals surface area (Å²) in [5.41, 5.74) is 2.72. The van der Waals surface area contributed by atoms with E-state index < -0.39 is 0 Å². The second-order valence-corrected chi connectivity index (χ2v) is 7.16. The lowest BCUT2D eigenvalue weighted by molar-refractivity contribution is 0.264. The number of halogens is 1. The van der Waals surface area contributed by atoms with Crippen LogP contribution in [-0.4, -0.2) is 19.2 Å². The molecule has 1 aromatic rings. The van der Waals surface area contributed by atoms with Crippen LogP contribution >= 0.6 is 11.6 Å². The molecule has 0 radical (unpaired) electrons. The summed E-state index contributed by atoms with van der Waals surface area (Å²) in [7, 11) is 0. The van der Waals surface area contributed by atoms with Gasteiger partial charge in [-0.1, -0.05) is 39.3 Å². The van der Waals surface area contributed by atoms with Gasteiger partial charge in [0.2, 0.25) is 0 Å². The average molecular weight is 296 g/mol. The maximum Gasteiger partial charge on any atom is 0.125 e. The van der Waals surface area contributed by atoms with Gasteiger partial charge in [0.1, 0.15) is 5.75 Å². The summed E-state index contributed by atoms with van der Waals surface area (Å²) in [5, 5.41) is 4.50. The van der Waals surface area contributed by atoms with Gasteiger partial charge in [0.25, 0.3) is 0 Å². The number of fused-ring (bicyclic) bond motifs is 1. The molecule has 1 aliphatic rings. The molecule has 1 aliphatic heterocycles. The first kappa shape index (κ1) is 15.7. The van der Waals surface area contributed by atoms with Crippen LogP contribution in [0.15, 0.2) is 12.1 Å². The molecular formula is C17H26ClNO. The summed E-state index contributed by atoms with van der Waals surface area (Å²) in [6.45, 7) is 10.9. The van der Waals surface area contributed by atoms with E-state index in [0.29, 0.717) is 6.04 Å². The highest BCUT2D eigenvalue weighted by Crippen LogP contribution is 2.35. The molecule has 0 bridgehead atoms. The fraction of sp³-hybridized carbons (Fsp3) is 0.647. The van der Waals surface area contributed by atoms with Crippen LogP contribution in [-0.2, 0) is 12.8 Å². The topological polar surface area (TPSA) is 21.3 Å². The Morgan fingerprint density at radius 3 is 2.75 bits per heavy atom. The fourth-order valence-electron chi connectivity index (χ4n) is 2.72. The SMILES string of the molecule is CCCNC(Cc1cc(Cl)cc2c1OCC2)C(C)(C)C. The quantitative estimate of drug-likeness (QED) is 0.877. The third-order valence-corrected chi connectivity index (χ3v) is 4.15. The molecule has 1 unspecified atom stereocenters. The van der Waals surface area contributed by atoms with Gasteiger partial charge in [-0.15, -0.1) is 0 Å².